The first-order chi connectivity index (χ1) is 9.43. The highest BCUT2D eigenvalue weighted by molar-refractivity contribution is 5.68. The summed E-state index contributed by atoms with van der Waals surface area (Å²) < 4.78 is 16.1. The maximum absolute atomic E-state index is 11.1. The number of methoxy groups -OCH3 is 1. The Balaban J connectivity index is 2.08. The van der Waals surface area contributed by atoms with Crippen molar-refractivity contribution in [2.45, 2.75) is 25.7 Å². The number of nitrogens with one attached hydrogen (secondary N) is 1. The third-order valence-corrected chi connectivity index (χ3v) is 2.99. The number of ether oxygens (including phenoxy) is 3. The molecule has 1 fully saturated rings. The van der Waals surface area contributed by atoms with Gasteiger partial charge in [0.2, 0.25) is 0 Å². The minimum absolute atomic E-state index is 0.0758. The molecule has 7 nitrogen and oxygen atoms in total. The summed E-state index contributed by atoms with van der Waals surface area (Å²) in [5.41, 5.74) is 0.329. The van der Waals surface area contributed by atoms with Crippen LogP contribution >= 0.6 is 0 Å². The third kappa shape index (κ3) is 3.17. The van der Waals surface area contributed by atoms with E-state index >= 15 is 0 Å². The van der Waals surface area contributed by atoms with Gasteiger partial charge in [-0.15, -0.1) is 0 Å². The molecule has 0 radical (unpaired) electrons. The van der Waals surface area contributed by atoms with Crippen molar-refractivity contribution in [2.75, 3.05) is 25.6 Å². The van der Waals surface area contributed by atoms with Crippen molar-refractivity contribution in [2.24, 2.45) is 0 Å². The summed E-state index contributed by atoms with van der Waals surface area (Å²) in [7, 11) is 1.41. The number of nitro groups is 1. The molecular formula is C13H18N2O5. The molecule has 0 spiro atoms. The third-order valence-electron chi connectivity index (χ3n) is 2.99. The molecule has 0 bridgehead atoms. The first kappa shape index (κ1) is 14.5. The van der Waals surface area contributed by atoms with Crippen LogP contribution in [0.25, 0.3) is 0 Å². The smallest absolute Gasteiger partial charge is 0.333 e. The average molecular weight is 282 g/mol. The van der Waals surface area contributed by atoms with Crippen molar-refractivity contribution < 1.29 is 19.1 Å². The van der Waals surface area contributed by atoms with E-state index in [1.807, 2.05) is 13.8 Å². The quantitative estimate of drug-likeness (QED) is 0.658. The lowest BCUT2D eigenvalue weighted by molar-refractivity contribution is -0.384. The highest BCUT2D eigenvalue weighted by atomic mass is 16.7. The summed E-state index contributed by atoms with van der Waals surface area (Å²) in [5.74, 6) is -0.379. The molecular weight excluding hydrogens is 264 g/mol. The molecule has 1 unspecified atom stereocenters. The Bertz CT molecular complexity index is 504. The van der Waals surface area contributed by atoms with Crippen LogP contribution in [0.5, 0.6) is 5.75 Å². The number of benzene rings is 1. The molecule has 1 heterocycles. The zero-order valence-corrected chi connectivity index (χ0v) is 11.7. The Morgan fingerprint density at radius 3 is 2.85 bits per heavy atom. The zero-order valence-electron chi connectivity index (χ0n) is 11.7. The van der Waals surface area contributed by atoms with Crippen LogP contribution in [0.3, 0.4) is 0 Å². The van der Waals surface area contributed by atoms with Gasteiger partial charge in [0, 0.05) is 6.54 Å². The molecule has 1 aliphatic heterocycles. The van der Waals surface area contributed by atoms with Gasteiger partial charge in [0.15, 0.2) is 11.5 Å². The van der Waals surface area contributed by atoms with E-state index in [1.54, 1.807) is 18.2 Å². The molecule has 110 valence electrons. The summed E-state index contributed by atoms with van der Waals surface area (Å²) in [6.07, 6.45) is -0.143. The van der Waals surface area contributed by atoms with Gasteiger partial charge in [-0.05, 0) is 26.0 Å². The van der Waals surface area contributed by atoms with Crippen LogP contribution in [0, 0.1) is 10.1 Å². The molecule has 1 aromatic rings. The number of rotatable bonds is 5. The number of nitrogens with zero attached hydrogens (tertiary/aromatic N) is 1. The lowest BCUT2D eigenvalue weighted by Gasteiger charge is -2.17. The number of para-hydroxylation sites is 1. The molecule has 1 saturated heterocycles. The largest absolute Gasteiger partial charge is 0.490 e. The first-order valence-corrected chi connectivity index (χ1v) is 6.30. The van der Waals surface area contributed by atoms with Gasteiger partial charge in [-0.25, -0.2) is 0 Å². The fourth-order valence-corrected chi connectivity index (χ4v) is 2.11. The second-order valence-corrected chi connectivity index (χ2v) is 4.95. The highest BCUT2D eigenvalue weighted by Gasteiger charge is 2.32. The molecule has 2 rings (SSSR count). The molecule has 0 aromatic heterocycles. The summed E-state index contributed by atoms with van der Waals surface area (Å²) in [6.45, 7) is 4.55. The van der Waals surface area contributed by atoms with Gasteiger partial charge in [-0.2, -0.15) is 0 Å². The van der Waals surface area contributed by atoms with Gasteiger partial charge < -0.3 is 19.5 Å². The Morgan fingerprint density at radius 2 is 2.30 bits per heavy atom. The summed E-state index contributed by atoms with van der Waals surface area (Å²) in [5, 5.41) is 14.2. The summed E-state index contributed by atoms with van der Waals surface area (Å²) in [6, 6.07) is 4.90. The molecule has 1 atom stereocenters. The fourth-order valence-electron chi connectivity index (χ4n) is 2.11. The van der Waals surface area contributed by atoms with Gasteiger partial charge in [0.25, 0.3) is 0 Å². The second kappa shape index (κ2) is 5.64. The fraction of sp³-hybridized carbons (Fsp3) is 0.538. The number of nitro benzene ring substituents is 1. The maximum Gasteiger partial charge on any atom is 0.333 e. The summed E-state index contributed by atoms with van der Waals surface area (Å²) in [4.78, 5) is 10.7. The van der Waals surface area contributed by atoms with E-state index in [4.69, 9.17) is 14.2 Å². The Kier molecular flexibility index (Phi) is 4.10. The van der Waals surface area contributed by atoms with E-state index in [0.717, 1.165) is 0 Å². The normalized spacial score (nSPS) is 20.6. The lowest BCUT2D eigenvalue weighted by Crippen LogP contribution is -2.26. The Morgan fingerprint density at radius 1 is 1.55 bits per heavy atom. The van der Waals surface area contributed by atoms with Crippen molar-refractivity contribution >= 4 is 11.4 Å². The van der Waals surface area contributed by atoms with Gasteiger partial charge in [-0.3, -0.25) is 10.1 Å². The zero-order chi connectivity index (χ0) is 14.8. The lowest BCUT2D eigenvalue weighted by atomic mass is 10.2. The van der Waals surface area contributed by atoms with Crippen molar-refractivity contribution in [1.29, 1.82) is 0 Å². The molecule has 0 saturated carbocycles. The maximum atomic E-state index is 11.1. The number of anilines is 1. The van der Waals surface area contributed by atoms with Gasteiger partial charge in [0.05, 0.1) is 18.6 Å². The van der Waals surface area contributed by atoms with E-state index in [-0.39, 0.29) is 17.5 Å². The van der Waals surface area contributed by atoms with Crippen molar-refractivity contribution in [3.8, 4) is 5.75 Å². The number of hydrogen-bond donors (Lipinski definition) is 1. The van der Waals surface area contributed by atoms with Crippen LogP contribution in [0.15, 0.2) is 18.2 Å². The molecule has 0 amide bonds. The first-order valence-electron chi connectivity index (χ1n) is 6.30. The van der Waals surface area contributed by atoms with Crippen LogP contribution in [0.1, 0.15) is 13.8 Å². The molecule has 1 N–H and O–H groups in total. The predicted octanol–water partition coefficient (Wildman–Crippen LogP) is 2.17. The van der Waals surface area contributed by atoms with E-state index < -0.39 is 10.7 Å². The van der Waals surface area contributed by atoms with Crippen LogP contribution in [-0.4, -0.2) is 37.1 Å². The molecule has 0 aliphatic carbocycles. The van der Waals surface area contributed by atoms with E-state index in [9.17, 15) is 10.1 Å². The monoisotopic (exact) mass is 282 g/mol. The standard InChI is InChI=1S/C13H18N2O5/c1-13(2)19-8-9(20-13)7-14-10-5-4-6-11(18-3)12(10)15(16)17/h4-6,9,14H,7-8H2,1-3H3. The average Bonchev–Trinajstić information content (AvgIpc) is 2.75. The predicted molar refractivity (Wildman–Crippen MR) is 73.0 cm³/mol. The van der Waals surface area contributed by atoms with Crippen molar-refractivity contribution in [3.05, 3.63) is 28.3 Å². The van der Waals surface area contributed by atoms with E-state index in [0.29, 0.717) is 18.8 Å². The molecule has 1 aliphatic rings. The topological polar surface area (TPSA) is 82.9 Å². The molecule has 7 heteroatoms. The minimum atomic E-state index is -0.605. The Labute approximate surface area is 117 Å². The van der Waals surface area contributed by atoms with Crippen LogP contribution < -0.4 is 10.1 Å². The van der Waals surface area contributed by atoms with Crippen molar-refractivity contribution in [1.82, 2.24) is 0 Å². The summed E-state index contributed by atoms with van der Waals surface area (Å²) >= 11 is 0. The van der Waals surface area contributed by atoms with Crippen LogP contribution in [0.4, 0.5) is 11.4 Å². The number of hydrogen-bond acceptors (Lipinski definition) is 6. The second-order valence-electron chi connectivity index (χ2n) is 4.95. The van der Waals surface area contributed by atoms with E-state index in [2.05, 4.69) is 5.32 Å². The SMILES string of the molecule is COc1cccc(NCC2COC(C)(C)O2)c1[N+](=O)[O-]. The minimum Gasteiger partial charge on any atom is -0.490 e. The highest BCUT2D eigenvalue weighted by Crippen LogP contribution is 2.34. The van der Waals surface area contributed by atoms with Gasteiger partial charge >= 0.3 is 5.69 Å². The van der Waals surface area contributed by atoms with Crippen LogP contribution in [0.2, 0.25) is 0 Å². The van der Waals surface area contributed by atoms with E-state index in [1.165, 1.54) is 7.11 Å². The van der Waals surface area contributed by atoms with Crippen LogP contribution in [-0.2, 0) is 9.47 Å². The molecule has 1 aromatic carbocycles. The van der Waals surface area contributed by atoms with Crippen molar-refractivity contribution in [3.63, 3.8) is 0 Å². The molecule has 20 heavy (non-hydrogen) atoms. The van der Waals surface area contributed by atoms with Gasteiger partial charge in [-0.1, -0.05) is 6.07 Å². The van der Waals surface area contributed by atoms with Gasteiger partial charge in [0.1, 0.15) is 11.8 Å². The Hall–Kier alpha value is -1.86.